The van der Waals surface area contributed by atoms with Crippen LogP contribution < -0.4 is 5.32 Å². The van der Waals surface area contributed by atoms with Crippen molar-refractivity contribution in [2.45, 2.75) is 13.2 Å². The van der Waals surface area contributed by atoms with Crippen molar-refractivity contribution in [2.24, 2.45) is 0 Å². The van der Waals surface area contributed by atoms with E-state index in [0.29, 0.717) is 13.2 Å². The van der Waals surface area contributed by atoms with Crippen LogP contribution in [0.15, 0.2) is 17.5 Å². The molecule has 0 spiro atoms. The Morgan fingerprint density at radius 3 is 3.00 bits per heavy atom. The van der Waals surface area contributed by atoms with E-state index in [1.165, 1.54) is 16.2 Å². The van der Waals surface area contributed by atoms with Crippen molar-refractivity contribution < 1.29 is 4.74 Å². The highest BCUT2D eigenvalue weighted by Gasteiger charge is 2.02. The van der Waals surface area contributed by atoms with Gasteiger partial charge in [0.25, 0.3) is 0 Å². The molecule has 6 heteroatoms. The molecular formula is C9H11N3OS2. The van der Waals surface area contributed by atoms with Gasteiger partial charge in [0.15, 0.2) is 0 Å². The number of nitrogens with one attached hydrogen (secondary N) is 1. The quantitative estimate of drug-likeness (QED) is 0.873. The summed E-state index contributed by atoms with van der Waals surface area (Å²) in [6.07, 6.45) is 0. The minimum Gasteiger partial charge on any atom is -0.369 e. The molecule has 0 bridgehead atoms. The minimum absolute atomic E-state index is 0.525. The molecule has 0 unspecified atom stereocenters. The maximum absolute atomic E-state index is 5.51. The third kappa shape index (κ3) is 2.98. The highest BCUT2D eigenvalue weighted by molar-refractivity contribution is 7.15. The number of rotatable bonds is 5. The average Bonchev–Trinajstić information content (AvgIpc) is 2.88. The van der Waals surface area contributed by atoms with Crippen LogP contribution in [0.4, 0.5) is 5.13 Å². The van der Waals surface area contributed by atoms with Gasteiger partial charge in [-0.05, 0) is 11.4 Å². The topological polar surface area (TPSA) is 47.0 Å². The van der Waals surface area contributed by atoms with Gasteiger partial charge < -0.3 is 10.1 Å². The molecule has 0 aliphatic rings. The van der Waals surface area contributed by atoms with Gasteiger partial charge in [-0.15, -0.1) is 21.5 Å². The second-order valence-electron chi connectivity index (χ2n) is 2.82. The summed E-state index contributed by atoms with van der Waals surface area (Å²) in [6, 6.07) is 4.08. The number of nitrogens with zero attached hydrogens (tertiary/aromatic N) is 2. The number of thiophene rings is 1. The summed E-state index contributed by atoms with van der Waals surface area (Å²) in [6.45, 7) is 1.17. The fourth-order valence-corrected chi connectivity index (χ4v) is 2.32. The molecule has 2 aromatic heterocycles. The van der Waals surface area contributed by atoms with E-state index in [0.717, 1.165) is 10.1 Å². The Morgan fingerprint density at radius 2 is 2.33 bits per heavy atom. The van der Waals surface area contributed by atoms with Gasteiger partial charge in [0.1, 0.15) is 11.6 Å². The summed E-state index contributed by atoms with van der Waals surface area (Å²) >= 11 is 3.21. The van der Waals surface area contributed by atoms with Crippen molar-refractivity contribution in [2.75, 3.05) is 12.4 Å². The van der Waals surface area contributed by atoms with Crippen LogP contribution in [0.3, 0.4) is 0 Å². The lowest BCUT2D eigenvalue weighted by Gasteiger charge is -1.97. The van der Waals surface area contributed by atoms with Gasteiger partial charge in [0, 0.05) is 11.9 Å². The third-order valence-corrected chi connectivity index (χ3v) is 3.49. The summed E-state index contributed by atoms with van der Waals surface area (Å²) in [5.41, 5.74) is 0. The molecule has 80 valence electrons. The van der Waals surface area contributed by atoms with Crippen LogP contribution >= 0.6 is 22.7 Å². The summed E-state index contributed by atoms with van der Waals surface area (Å²) < 4.78 is 5.51. The summed E-state index contributed by atoms with van der Waals surface area (Å²) in [4.78, 5) is 1.23. The van der Waals surface area contributed by atoms with Crippen LogP contribution in [-0.2, 0) is 18.0 Å². The maximum atomic E-state index is 5.51. The van der Waals surface area contributed by atoms with Gasteiger partial charge in [-0.25, -0.2) is 0 Å². The molecule has 0 aliphatic carbocycles. The zero-order valence-corrected chi connectivity index (χ0v) is 9.90. The van der Waals surface area contributed by atoms with Gasteiger partial charge >= 0.3 is 0 Å². The summed E-state index contributed by atoms with van der Waals surface area (Å²) in [5.74, 6) is 0. The zero-order chi connectivity index (χ0) is 10.5. The van der Waals surface area contributed by atoms with Gasteiger partial charge in [-0.3, -0.25) is 0 Å². The number of hydrogen-bond donors (Lipinski definition) is 1. The molecule has 4 nitrogen and oxygen atoms in total. The normalized spacial score (nSPS) is 10.5. The minimum atomic E-state index is 0.525. The van der Waals surface area contributed by atoms with E-state index in [4.69, 9.17) is 4.74 Å². The summed E-state index contributed by atoms with van der Waals surface area (Å²) in [7, 11) is 1.83. The van der Waals surface area contributed by atoms with E-state index >= 15 is 0 Å². The SMILES string of the molecule is CNc1nnc(COCc2cccs2)s1. The first-order chi connectivity index (χ1) is 7.38. The molecule has 0 amide bonds. The first-order valence-corrected chi connectivity index (χ1v) is 6.18. The van der Waals surface area contributed by atoms with Crippen molar-refractivity contribution in [1.29, 1.82) is 0 Å². The highest BCUT2D eigenvalue weighted by atomic mass is 32.1. The third-order valence-electron chi connectivity index (χ3n) is 1.73. The van der Waals surface area contributed by atoms with Gasteiger partial charge in [-0.1, -0.05) is 17.4 Å². The number of hydrogen-bond acceptors (Lipinski definition) is 6. The van der Waals surface area contributed by atoms with Crippen molar-refractivity contribution in [3.8, 4) is 0 Å². The van der Waals surface area contributed by atoms with E-state index in [1.807, 2.05) is 18.5 Å². The molecule has 0 fully saturated rings. The van der Waals surface area contributed by atoms with Crippen molar-refractivity contribution >= 4 is 27.8 Å². The molecule has 0 saturated heterocycles. The Bertz CT molecular complexity index is 399. The molecule has 0 atom stereocenters. The van der Waals surface area contributed by atoms with Gasteiger partial charge in [0.2, 0.25) is 5.13 Å². The Labute approximate surface area is 95.9 Å². The molecule has 2 aromatic rings. The van der Waals surface area contributed by atoms with E-state index in [1.54, 1.807) is 11.3 Å². The predicted octanol–water partition coefficient (Wildman–Crippen LogP) is 2.36. The lowest BCUT2D eigenvalue weighted by Crippen LogP contribution is -1.91. The number of aromatic nitrogens is 2. The van der Waals surface area contributed by atoms with Crippen LogP contribution in [0.1, 0.15) is 9.88 Å². The maximum Gasteiger partial charge on any atom is 0.205 e. The largest absolute Gasteiger partial charge is 0.369 e. The second kappa shape index (κ2) is 5.20. The molecule has 0 radical (unpaired) electrons. The smallest absolute Gasteiger partial charge is 0.205 e. The first-order valence-electron chi connectivity index (χ1n) is 4.49. The van der Waals surface area contributed by atoms with Crippen molar-refractivity contribution in [3.63, 3.8) is 0 Å². The first kappa shape index (κ1) is 10.5. The average molecular weight is 241 g/mol. The lowest BCUT2D eigenvalue weighted by molar-refractivity contribution is 0.108. The van der Waals surface area contributed by atoms with Crippen molar-refractivity contribution in [1.82, 2.24) is 10.2 Å². The lowest BCUT2D eigenvalue weighted by atomic mass is 10.5. The molecule has 0 aliphatic heterocycles. The standard InChI is InChI=1S/C9H11N3OS2/c1-10-9-12-11-8(15-9)6-13-5-7-3-2-4-14-7/h2-4H,5-6H2,1H3,(H,10,12). The predicted molar refractivity (Wildman–Crippen MR) is 62.3 cm³/mol. The molecule has 2 heterocycles. The van der Waals surface area contributed by atoms with E-state index in [9.17, 15) is 0 Å². The Balaban J connectivity index is 1.78. The summed E-state index contributed by atoms with van der Waals surface area (Å²) in [5, 5.41) is 14.6. The van der Waals surface area contributed by atoms with Crippen LogP contribution in [-0.4, -0.2) is 17.2 Å². The Hall–Kier alpha value is -0.980. The number of anilines is 1. The van der Waals surface area contributed by atoms with Crippen LogP contribution in [0, 0.1) is 0 Å². The van der Waals surface area contributed by atoms with Crippen LogP contribution in [0.5, 0.6) is 0 Å². The highest BCUT2D eigenvalue weighted by Crippen LogP contribution is 2.16. The molecule has 15 heavy (non-hydrogen) atoms. The monoisotopic (exact) mass is 241 g/mol. The van der Waals surface area contributed by atoms with E-state index < -0.39 is 0 Å². The fraction of sp³-hybridized carbons (Fsp3) is 0.333. The van der Waals surface area contributed by atoms with Crippen LogP contribution in [0.2, 0.25) is 0 Å². The molecular weight excluding hydrogens is 230 g/mol. The van der Waals surface area contributed by atoms with E-state index in [-0.39, 0.29) is 0 Å². The van der Waals surface area contributed by atoms with Gasteiger partial charge in [-0.2, -0.15) is 0 Å². The second-order valence-corrected chi connectivity index (χ2v) is 4.92. The molecule has 0 aromatic carbocycles. The fourth-order valence-electron chi connectivity index (χ4n) is 1.05. The molecule has 0 saturated carbocycles. The Kier molecular flexibility index (Phi) is 3.65. The molecule has 1 N–H and O–H groups in total. The van der Waals surface area contributed by atoms with Crippen LogP contribution in [0.25, 0.3) is 0 Å². The number of ether oxygens (including phenoxy) is 1. The zero-order valence-electron chi connectivity index (χ0n) is 8.27. The van der Waals surface area contributed by atoms with E-state index in [2.05, 4.69) is 21.6 Å². The van der Waals surface area contributed by atoms with Gasteiger partial charge in [0.05, 0.1) is 6.61 Å². The van der Waals surface area contributed by atoms with Crippen molar-refractivity contribution in [3.05, 3.63) is 27.4 Å². The molecule has 2 rings (SSSR count). The Morgan fingerprint density at radius 1 is 1.40 bits per heavy atom.